The highest BCUT2D eigenvalue weighted by Gasteiger charge is 2.30. The first-order valence-electron chi connectivity index (χ1n) is 9.07. The number of carbonyl (C=O) groups excluding carboxylic acids is 1. The second kappa shape index (κ2) is 8.14. The number of nitrogens with zero attached hydrogens (tertiary/aromatic N) is 3. The molecule has 0 aliphatic carbocycles. The van der Waals surface area contributed by atoms with E-state index in [1.54, 1.807) is 36.2 Å². The molecule has 29 heavy (non-hydrogen) atoms. The molecular weight excluding hydrogens is 375 g/mol. The number of benzene rings is 2. The van der Waals surface area contributed by atoms with Crippen LogP contribution in [0.2, 0.25) is 0 Å². The zero-order valence-corrected chi connectivity index (χ0v) is 15.7. The molecule has 1 aliphatic heterocycles. The lowest BCUT2D eigenvalue weighted by Gasteiger charge is -2.08. The van der Waals surface area contributed by atoms with Crippen LogP contribution in [0.1, 0.15) is 17.5 Å². The number of ether oxygens (including phenoxy) is 1. The van der Waals surface area contributed by atoms with Crippen molar-refractivity contribution in [2.75, 3.05) is 12.4 Å². The van der Waals surface area contributed by atoms with Gasteiger partial charge in [-0.15, -0.1) is 0 Å². The van der Waals surface area contributed by atoms with Gasteiger partial charge in [0.25, 0.3) is 5.91 Å². The highest BCUT2D eigenvalue weighted by atomic mass is 19.1. The van der Waals surface area contributed by atoms with Crippen LogP contribution in [0, 0.1) is 5.82 Å². The normalized spacial score (nSPS) is 15.5. The molecule has 1 aliphatic rings. The predicted molar refractivity (Wildman–Crippen MR) is 105 cm³/mol. The molecule has 1 unspecified atom stereocenters. The highest BCUT2D eigenvalue weighted by molar-refractivity contribution is 6.07. The second-order valence-corrected chi connectivity index (χ2v) is 6.54. The van der Waals surface area contributed by atoms with Crippen LogP contribution in [0.3, 0.4) is 0 Å². The number of oxime groups is 1. The Morgan fingerprint density at radius 2 is 2.07 bits per heavy atom. The fourth-order valence-electron chi connectivity index (χ4n) is 3.10. The van der Waals surface area contributed by atoms with E-state index >= 15 is 0 Å². The van der Waals surface area contributed by atoms with E-state index in [2.05, 4.69) is 15.6 Å². The summed E-state index contributed by atoms with van der Waals surface area (Å²) in [5.74, 6) is 0.0448. The zero-order chi connectivity index (χ0) is 20.2. The number of carbonyl (C=O) groups is 1. The molecule has 1 N–H and O–H groups in total. The molecule has 0 spiro atoms. The van der Waals surface area contributed by atoms with Gasteiger partial charge in [0.15, 0.2) is 0 Å². The SMILES string of the molecule is COc1ccccc1C1=NOC(C(=O)Nc2cnn(Cc3ccccc3F)c2)C1. The maximum atomic E-state index is 13.8. The average Bonchev–Trinajstić information content (AvgIpc) is 3.39. The Labute approximate surface area is 166 Å². The van der Waals surface area contributed by atoms with Crippen LogP contribution in [0.25, 0.3) is 0 Å². The first kappa shape index (κ1) is 18.7. The van der Waals surface area contributed by atoms with Crippen molar-refractivity contribution >= 4 is 17.3 Å². The van der Waals surface area contributed by atoms with Crippen molar-refractivity contribution in [2.45, 2.75) is 19.1 Å². The maximum absolute atomic E-state index is 13.8. The Kier molecular flexibility index (Phi) is 5.24. The standard InChI is InChI=1S/C21H19FN4O3/c1-28-19-9-5-3-7-16(19)18-10-20(29-25-18)21(27)24-15-11-23-26(13-15)12-14-6-2-4-8-17(14)22/h2-9,11,13,20H,10,12H2,1H3,(H,24,27). The molecule has 2 aromatic carbocycles. The van der Waals surface area contributed by atoms with E-state index < -0.39 is 6.10 Å². The van der Waals surface area contributed by atoms with Crippen LogP contribution in [-0.4, -0.2) is 34.6 Å². The van der Waals surface area contributed by atoms with Crippen LogP contribution in [0.5, 0.6) is 5.75 Å². The molecule has 0 saturated heterocycles. The van der Waals surface area contributed by atoms with Gasteiger partial charge in [0.1, 0.15) is 11.6 Å². The van der Waals surface area contributed by atoms with Gasteiger partial charge in [-0.2, -0.15) is 5.10 Å². The smallest absolute Gasteiger partial charge is 0.268 e. The molecule has 3 aromatic rings. The van der Waals surface area contributed by atoms with E-state index in [4.69, 9.17) is 9.57 Å². The average molecular weight is 394 g/mol. The quantitative estimate of drug-likeness (QED) is 0.696. The van der Waals surface area contributed by atoms with Crippen molar-refractivity contribution in [3.8, 4) is 5.75 Å². The van der Waals surface area contributed by atoms with Crippen molar-refractivity contribution in [1.29, 1.82) is 0 Å². The third kappa shape index (κ3) is 4.11. The molecular formula is C21H19FN4O3. The summed E-state index contributed by atoms with van der Waals surface area (Å²) >= 11 is 0. The molecule has 0 radical (unpaired) electrons. The van der Waals surface area contributed by atoms with Crippen molar-refractivity contribution in [2.24, 2.45) is 5.16 Å². The van der Waals surface area contributed by atoms with Gasteiger partial charge >= 0.3 is 0 Å². The fraction of sp³-hybridized carbons (Fsp3) is 0.190. The van der Waals surface area contributed by atoms with Crippen LogP contribution in [-0.2, 0) is 16.2 Å². The molecule has 4 rings (SSSR count). The summed E-state index contributed by atoms with van der Waals surface area (Å²) in [6.07, 6.45) is 2.73. The molecule has 7 nitrogen and oxygen atoms in total. The number of hydrogen-bond donors (Lipinski definition) is 1. The van der Waals surface area contributed by atoms with E-state index in [9.17, 15) is 9.18 Å². The van der Waals surface area contributed by atoms with Crippen LogP contribution in [0.15, 0.2) is 66.1 Å². The first-order valence-corrected chi connectivity index (χ1v) is 9.07. The van der Waals surface area contributed by atoms with Gasteiger partial charge in [0.2, 0.25) is 6.10 Å². The van der Waals surface area contributed by atoms with E-state index in [0.717, 1.165) is 5.56 Å². The number of halogens is 1. The second-order valence-electron chi connectivity index (χ2n) is 6.54. The van der Waals surface area contributed by atoms with E-state index in [1.165, 1.54) is 12.3 Å². The number of methoxy groups -OCH3 is 1. The Hall–Kier alpha value is -3.68. The number of nitrogens with one attached hydrogen (secondary N) is 1. The van der Waals surface area contributed by atoms with Crippen molar-refractivity contribution < 1.29 is 18.8 Å². The van der Waals surface area contributed by atoms with E-state index in [1.807, 2.05) is 24.3 Å². The first-order chi connectivity index (χ1) is 14.1. The van der Waals surface area contributed by atoms with E-state index in [0.29, 0.717) is 29.1 Å². The summed E-state index contributed by atoms with van der Waals surface area (Å²) in [6.45, 7) is 0.267. The topological polar surface area (TPSA) is 77.7 Å². The Bertz CT molecular complexity index is 1060. The third-order valence-electron chi connectivity index (χ3n) is 4.57. The third-order valence-corrected chi connectivity index (χ3v) is 4.57. The molecule has 8 heteroatoms. The van der Waals surface area contributed by atoms with Gasteiger partial charge in [-0.3, -0.25) is 9.48 Å². The van der Waals surface area contributed by atoms with Gasteiger partial charge in [-0.25, -0.2) is 4.39 Å². The molecule has 2 heterocycles. The number of hydrogen-bond acceptors (Lipinski definition) is 5. The molecule has 0 fully saturated rings. The summed E-state index contributed by atoms with van der Waals surface area (Å²) in [5.41, 5.74) is 2.46. The molecule has 1 aromatic heterocycles. The van der Waals surface area contributed by atoms with E-state index in [-0.39, 0.29) is 18.3 Å². The fourth-order valence-corrected chi connectivity index (χ4v) is 3.10. The summed E-state index contributed by atoms with van der Waals surface area (Å²) in [4.78, 5) is 17.8. The predicted octanol–water partition coefficient (Wildman–Crippen LogP) is 3.21. The lowest BCUT2D eigenvalue weighted by Crippen LogP contribution is -2.27. The number of para-hydroxylation sites is 1. The Morgan fingerprint density at radius 3 is 2.90 bits per heavy atom. The van der Waals surface area contributed by atoms with Crippen LogP contribution >= 0.6 is 0 Å². The van der Waals surface area contributed by atoms with Gasteiger partial charge in [-0.05, 0) is 18.2 Å². The molecule has 0 bridgehead atoms. The zero-order valence-electron chi connectivity index (χ0n) is 15.7. The number of rotatable bonds is 6. The lowest BCUT2D eigenvalue weighted by atomic mass is 10.0. The number of anilines is 1. The minimum absolute atomic E-state index is 0.267. The van der Waals surface area contributed by atoms with Gasteiger partial charge in [0, 0.05) is 23.7 Å². The molecule has 148 valence electrons. The number of aromatic nitrogens is 2. The van der Waals surface area contributed by atoms with Crippen molar-refractivity contribution in [1.82, 2.24) is 9.78 Å². The van der Waals surface area contributed by atoms with Gasteiger partial charge < -0.3 is 14.9 Å². The van der Waals surface area contributed by atoms with Crippen LogP contribution in [0.4, 0.5) is 10.1 Å². The lowest BCUT2D eigenvalue weighted by molar-refractivity contribution is -0.125. The minimum Gasteiger partial charge on any atom is -0.496 e. The van der Waals surface area contributed by atoms with Crippen molar-refractivity contribution in [3.63, 3.8) is 0 Å². The summed E-state index contributed by atoms with van der Waals surface area (Å²) in [6, 6.07) is 13.9. The van der Waals surface area contributed by atoms with Gasteiger partial charge in [0.05, 0.1) is 31.3 Å². The largest absolute Gasteiger partial charge is 0.496 e. The summed E-state index contributed by atoms with van der Waals surface area (Å²) in [7, 11) is 1.58. The summed E-state index contributed by atoms with van der Waals surface area (Å²) in [5, 5.41) is 11.0. The Balaban J connectivity index is 1.37. The highest BCUT2D eigenvalue weighted by Crippen LogP contribution is 2.25. The monoisotopic (exact) mass is 394 g/mol. The van der Waals surface area contributed by atoms with Crippen LogP contribution < -0.4 is 10.1 Å². The Morgan fingerprint density at radius 1 is 1.28 bits per heavy atom. The molecule has 0 saturated carbocycles. The van der Waals surface area contributed by atoms with Gasteiger partial charge in [-0.1, -0.05) is 35.5 Å². The molecule has 1 atom stereocenters. The van der Waals surface area contributed by atoms with Crippen molar-refractivity contribution in [3.05, 3.63) is 77.9 Å². The molecule has 1 amide bonds. The maximum Gasteiger partial charge on any atom is 0.268 e. The minimum atomic E-state index is -0.746. The number of amides is 1. The summed E-state index contributed by atoms with van der Waals surface area (Å²) < 4.78 is 20.7.